The third kappa shape index (κ3) is 5.29. The zero-order valence-corrected chi connectivity index (χ0v) is 16.9. The number of rotatable bonds is 7. The molecular weight excluding hydrogens is 364 g/mol. The predicted molar refractivity (Wildman–Crippen MR) is 106 cm³/mol. The van der Waals surface area contributed by atoms with Gasteiger partial charge in [0.2, 0.25) is 11.8 Å². The van der Waals surface area contributed by atoms with E-state index in [1.165, 1.54) is 11.3 Å². The standard InChI is InChI=1S/C19H28N4O3S/c1-3-6-20-15(24)12-22-7-9-23(10-8-22)19(26)17-13(2)11-16(27-17)21-18(25)14-4-5-14/h11,14H,3-10,12H2,1-2H3,(H,20,24)(H,21,25). The fraction of sp³-hybridized carbons (Fsp3) is 0.632. The summed E-state index contributed by atoms with van der Waals surface area (Å²) in [6.45, 7) is 7.64. The van der Waals surface area contributed by atoms with Gasteiger partial charge in [-0.1, -0.05) is 6.92 Å². The van der Waals surface area contributed by atoms with Crippen LogP contribution in [0.1, 0.15) is 41.4 Å². The highest BCUT2D eigenvalue weighted by Gasteiger charge is 2.30. The molecule has 2 N–H and O–H groups in total. The van der Waals surface area contributed by atoms with Crippen LogP contribution in [0.5, 0.6) is 0 Å². The Kier molecular flexibility index (Phi) is 6.49. The summed E-state index contributed by atoms with van der Waals surface area (Å²) in [4.78, 5) is 41.2. The van der Waals surface area contributed by atoms with Gasteiger partial charge in [0, 0.05) is 38.6 Å². The van der Waals surface area contributed by atoms with Crippen LogP contribution in [0.25, 0.3) is 0 Å². The fourth-order valence-corrected chi connectivity index (χ4v) is 4.14. The van der Waals surface area contributed by atoms with Crippen LogP contribution in [-0.2, 0) is 9.59 Å². The first-order valence-electron chi connectivity index (χ1n) is 9.67. The number of thiophene rings is 1. The van der Waals surface area contributed by atoms with Crippen molar-refractivity contribution in [1.82, 2.24) is 15.1 Å². The molecule has 1 saturated heterocycles. The lowest BCUT2D eigenvalue weighted by molar-refractivity contribution is -0.122. The summed E-state index contributed by atoms with van der Waals surface area (Å²) in [5.74, 6) is 0.264. The SMILES string of the molecule is CCCNC(=O)CN1CCN(C(=O)c2sc(NC(=O)C3CC3)cc2C)CC1. The van der Waals surface area contributed by atoms with E-state index in [1.807, 2.05) is 24.8 Å². The maximum atomic E-state index is 12.9. The molecule has 1 aromatic heterocycles. The van der Waals surface area contributed by atoms with Crippen molar-refractivity contribution in [1.29, 1.82) is 0 Å². The number of anilines is 1. The van der Waals surface area contributed by atoms with Gasteiger partial charge < -0.3 is 15.5 Å². The second-order valence-corrected chi connectivity index (χ2v) is 8.36. The van der Waals surface area contributed by atoms with Crippen molar-refractivity contribution >= 4 is 34.1 Å². The lowest BCUT2D eigenvalue weighted by Crippen LogP contribution is -2.51. The van der Waals surface area contributed by atoms with E-state index in [2.05, 4.69) is 15.5 Å². The fourth-order valence-electron chi connectivity index (χ4n) is 3.10. The maximum absolute atomic E-state index is 12.9. The van der Waals surface area contributed by atoms with E-state index < -0.39 is 0 Å². The van der Waals surface area contributed by atoms with Crippen molar-refractivity contribution in [2.75, 3.05) is 44.6 Å². The van der Waals surface area contributed by atoms with Gasteiger partial charge in [-0.25, -0.2) is 0 Å². The third-order valence-electron chi connectivity index (χ3n) is 4.91. The molecule has 0 aromatic carbocycles. The molecule has 3 rings (SSSR count). The van der Waals surface area contributed by atoms with Crippen molar-refractivity contribution in [3.63, 3.8) is 0 Å². The number of nitrogens with zero attached hydrogens (tertiary/aromatic N) is 2. The Labute approximate surface area is 164 Å². The Morgan fingerprint density at radius 3 is 2.52 bits per heavy atom. The third-order valence-corrected chi connectivity index (χ3v) is 6.05. The van der Waals surface area contributed by atoms with Crippen molar-refractivity contribution in [2.24, 2.45) is 5.92 Å². The number of hydrogen-bond donors (Lipinski definition) is 2. The lowest BCUT2D eigenvalue weighted by Gasteiger charge is -2.34. The molecule has 7 nitrogen and oxygen atoms in total. The molecule has 3 amide bonds. The Morgan fingerprint density at radius 1 is 1.19 bits per heavy atom. The van der Waals surface area contributed by atoms with E-state index in [0.717, 1.165) is 29.8 Å². The number of carbonyl (C=O) groups is 3. The Balaban J connectivity index is 1.51. The average Bonchev–Trinajstić information content (AvgIpc) is 3.44. The smallest absolute Gasteiger partial charge is 0.264 e. The zero-order valence-electron chi connectivity index (χ0n) is 16.0. The summed E-state index contributed by atoms with van der Waals surface area (Å²) in [5, 5.41) is 6.56. The molecular formula is C19H28N4O3S. The molecule has 2 aliphatic rings. The number of carbonyl (C=O) groups excluding carboxylic acids is 3. The molecule has 2 fully saturated rings. The van der Waals surface area contributed by atoms with Gasteiger partial charge in [0.25, 0.3) is 5.91 Å². The van der Waals surface area contributed by atoms with Crippen LogP contribution < -0.4 is 10.6 Å². The second kappa shape index (κ2) is 8.84. The van der Waals surface area contributed by atoms with E-state index in [9.17, 15) is 14.4 Å². The molecule has 148 valence electrons. The topological polar surface area (TPSA) is 81.8 Å². The van der Waals surface area contributed by atoms with E-state index in [-0.39, 0.29) is 23.6 Å². The van der Waals surface area contributed by atoms with Crippen molar-refractivity contribution < 1.29 is 14.4 Å². The van der Waals surface area contributed by atoms with Crippen LogP contribution in [0.4, 0.5) is 5.00 Å². The van der Waals surface area contributed by atoms with Gasteiger partial charge in [-0.15, -0.1) is 11.3 Å². The van der Waals surface area contributed by atoms with E-state index in [1.54, 1.807) is 0 Å². The number of amides is 3. The average molecular weight is 393 g/mol. The molecule has 1 aliphatic heterocycles. The molecule has 27 heavy (non-hydrogen) atoms. The summed E-state index contributed by atoms with van der Waals surface area (Å²) in [5.41, 5.74) is 0.900. The first kappa shape index (κ1) is 19.8. The second-order valence-electron chi connectivity index (χ2n) is 7.30. The number of hydrogen-bond acceptors (Lipinski definition) is 5. The van der Waals surface area contributed by atoms with Gasteiger partial charge in [-0.2, -0.15) is 0 Å². The summed E-state index contributed by atoms with van der Waals surface area (Å²) in [6.07, 6.45) is 2.85. The normalized spacial score (nSPS) is 17.6. The Bertz CT molecular complexity index is 706. The first-order chi connectivity index (χ1) is 13.0. The highest BCUT2D eigenvalue weighted by Crippen LogP contribution is 2.33. The first-order valence-corrected chi connectivity index (χ1v) is 10.5. The van der Waals surface area contributed by atoms with Gasteiger partial charge in [0.15, 0.2) is 0 Å². The van der Waals surface area contributed by atoms with Gasteiger partial charge in [0.1, 0.15) is 0 Å². The molecule has 0 radical (unpaired) electrons. The monoisotopic (exact) mass is 392 g/mol. The van der Waals surface area contributed by atoms with Crippen LogP contribution in [0, 0.1) is 12.8 Å². The highest BCUT2D eigenvalue weighted by atomic mass is 32.1. The van der Waals surface area contributed by atoms with Gasteiger partial charge in [0.05, 0.1) is 16.4 Å². The van der Waals surface area contributed by atoms with Crippen LogP contribution in [0.15, 0.2) is 6.07 Å². The predicted octanol–water partition coefficient (Wildman–Crippen LogP) is 1.69. The quantitative estimate of drug-likeness (QED) is 0.740. The summed E-state index contributed by atoms with van der Waals surface area (Å²) in [6, 6.07) is 1.88. The van der Waals surface area contributed by atoms with Crippen LogP contribution in [0.3, 0.4) is 0 Å². The Morgan fingerprint density at radius 2 is 1.89 bits per heavy atom. The lowest BCUT2D eigenvalue weighted by atomic mass is 10.2. The minimum atomic E-state index is 0.0134. The molecule has 0 atom stereocenters. The van der Waals surface area contributed by atoms with Crippen LogP contribution >= 0.6 is 11.3 Å². The van der Waals surface area contributed by atoms with Crippen LogP contribution in [0.2, 0.25) is 0 Å². The van der Waals surface area contributed by atoms with E-state index >= 15 is 0 Å². The molecule has 0 unspecified atom stereocenters. The molecule has 0 spiro atoms. The highest BCUT2D eigenvalue weighted by molar-refractivity contribution is 7.18. The zero-order chi connectivity index (χ0) is 19.4. The molecule has 1 saturated carbocycles. The minimum Gasteiger partial charge on any atom is -0.355 e. The molecule has 8 heteroatoms. The van der Waals surface area contributed by atoms with E-state index in [4.69, 9.17) is 0 Å². The Hall–Kier alpha value is -1.93. The summed E-state index contributed by atoms with van der Waals surface area (Å²) >= 11 is 1.35. The molecule has 1 aliphatic carbocycles. The van der Waals surface area contributed by atoms with Gasteiger partial charge in [-0.3, -0.25) is 19.3 Å². The van der Waals surface area contributed by atoms with Gasteiger partial charge >= 0.3 is 0 Å². The van der Waals surface area contributed by atoms with Crippen molar-refractivity contribution in [3.05, 3.63) is 16.5 Å². The van der Waals surface area contributed by atoms with Crippen molar-refractivity contribution in [3.8, 4) is 0 Å². The number of piperazine rings is 1. The molecule has 0 bridgehead atoms. The summed E-state index contributed by atoms with van der Waals surface area (Å²) < 4.78 is 0. The molecule has 2 heterocycles. The maximum Gasteiger partial charge on any atom is 0.264 e. The number of aryl methyl sites for hydroxylation is 1. The van der Waals surface area contributed by atoms with Crippen LogP contribution in [-0.4, -0.2) is 66.8 Å². The molecule has 1 aromatic rings. The number of nitrogens with one attached hydrogen (secondary N) is 2. The van der Waals surface area contributed by atoms with Crippen molar-refractivity contribution in [2.45, 2.75) is 33.1 Å². The summed E-state index contributed by atoms with van der Waals surface area (Å²) in [7, 11) is 0. The van der Waals surface area contributed by atoms with Gasteiger partial charge in [-0.05, 0) is 37.8 Å². The van der Waals surface area contributed by atoms with E-state index in [0.29, 0.717) is 44.1 Å². The minimum absolute atomic E-state index is 0.0134. The largest absolute Gasteiger partial charge is 0.355 e.